The average Bonchev–Trinajstić information content (AvgIpc) is 2.91. The second-order valence-corrected chi connectivity index (χ2v) is 8.59. The number of benzene rings is 2. The van der Waals surface area contributed by atoms with Crippen molar-refractivity contribution < 1.29 is 9.36 Å². The number of carbonyl (C=O) groups excluding carboxylic acids is 1. The van der Waals surface area contributed by atoms with Crippen molar-refractivity contribution in [3.8, 4) is 11.3 Å². The van der Waals surface area contributed by atoms with Crippen LogP contribution in [0.5, 0.6) is 0 Å². The highest BCUT2D eigenvalue weighted by atomic mass is 16.1. The number of fused-ring (bicyclic) bond motifs is 1. The molecule has 0 unspecified atom stereocenters. The van der Waals surface area contributed by atoms with Gasteiger partial charge in [0.15, 0.2) is 0 Å². The molecule has 0 bridgehead atoms. The molecule has 0 saturated carbocycles. The van der Waals surface area contributed by atoms with E-state index >= 15 is 0 Å². The predicted octanol–water partition coefficient (Wildman–Crippen LogP) is 5.00. The van der Waals surface area contributed by atoms with E-state index in [4.69, 9.17) is 5.73 Å². The number of aromatic nitrogens is 2. The molecular weight excluding hydrogens is 432 g/mol. The van der Waals surface area contributed by atoms with E-state index in [0.29, 0.717) is 19.5 Å². The number of nitrogens with one attached hydrogen (secondary N) is 1. The Morgan fingerprint density at radius 2 is 1.71 bits per heavy atom. The van der Waals surface area contributed by atoms with Gasteiger partial charge in [0.2, 0.25) is 17.1 Å². The fourth-order valence-electron chi connectivity index (χ4n) is 4.19. The summed E-state index contributed by atoms with van der Waals surface area (Å²) in [5, 5.41) is 4.06. The number of carbonyl (C=O) groups is 1. The number of para-hydroxylation sites is 1. The summed E-state index contributed by atoms with van der Waals surface area (Å²) in [6.45, 7) is 1.93. The lowest BCUT2D eigenvalue weighted by molar-refractivity contribution is -0.673. The van der Waals surface area contributed by atoms with E-state index in [1.54, 1.807) is 0 Å². The lowest BCUT2D eigenvalue weighted by Crippen LogP contribution is -2.38. The highest BCUT2D eigenvalue weighted by Crippen LogP contribution is 2.18. The van der Waals surface area contributed by atoms with Crippen LogP contribution in [0.2, 0.25) is 0 Å². The van der Waals surface area contributed by atoms with Crippen LogP contribution in [0.1, 0.15) is 36.9 Å². The van der Waals surface area contributed by atoms with Crippen LogP contribution in [-0.4, -0.2) is 24.0 Å². The van der Waals surface area contributed by atoms with Crippen LogP contribution < -0.4 is 15.6 Å². The predicted molar refractivity (Wildman–Crippen MR) is 143 cm³/mol. The molecule has 0 aliphatic carbocycles. The molecule has 0 aliphatic rings. The van der Waals surface area contributed by atoms with E-state index in [-0.39, 0.29) is 5.91 Å². The van der Waals surface area contributed by atoms with Crippen molar-refractivity contribution in [1.82, 2.24) is 10.3 Å². The number of rotatable bonds is 11. The van der Waals surface area contributed by atoms with Gasteiger partial charge in [0, 0.05) is 61.3 Å². The van der Waals surface area contributed by atoms with Gasteiger partial charge in [-0.05, 0) is 48.7 Å². The monoisotopic (exact) mass is 465 g/mol. The third-order valence-corrected chi connectivity index (χ3v) is 6.04. The first kappa shape index (κ1) is 24.3. The maximum Gasteiger partial charge on any atom is 0.220 e. The van der Waals surface area contributed by atoms with Crippen molar-refractivity contribution in [3.63, 3.8) is 0 Å². The summed E-state index contributed by atoms with van der Waals surface area (Å²) in [4.78, 5) is 16.2. The number of nitrogens with zero attached hydrogens (tertiary/aromatic N) is 2. The summed E-state index contributed by atoms with van der Waals surface area (Å²) in [5.41, 5.74) is 11.1. The lowest BCUT2D eigenvalue weighted by atomic mass is 10.1. The molecule has 178 valence electrons. The third-order valence-electron chi connectivity index (χ3n) is 6.04. The third kappa shape index (κ3) is 6.84. The summed E-state index contributed by atoms with van der Waals surface area (Å²) in [6.07, 6.45) is 9.62. The molecule has 0 fully saturated rings. The Morgan fingerprint density at radius 3 is 2.51 bits per heavy atom. The number of hydrogen-bond donors (Lipinski definition) is 2. The Labute approximate surface area is 207 Å². The molecule has 5 heteroatoms. The standard InChI is InChI=1S/C30H32N4O/c31-20-22-33-30(35)11-2-1-7-23-34-27(19-17-26-8-3-4-10-29(26)34)18-14-24-12-15-25(16-13-24)28-9-5-6-21-32-28/h3-6,8-10,12-19,21H,1-2,7,11,20,22-23,31H2/p+1/b18-14+. The van der Waals surface area contributed by atoms with Gasteiger partial charge in [-0.15, -0.1) is 0 Å². The van der Waals surface area contributed by atoms with Gasteiger partial charge in [0.1, 0.15) is 6.54 Å². The van der Waals surface area contributed by atoms with Gasteiger partial charge in [-0.25, -0.2) is 0 Å². The molecule has 4 aromatic rings. The number of unbranched alkanes of at least 4 members (excludes halogenated alkanes) is 2. The molecule has 0 aliphatic heterocycles. The summed E-state index contributed by atoms with van der Waals surface area (Å²) >= 11 is 0. The number of hydrogen-bond acceptors (Lipinski definition) is 3. The second kappa shape index (κ2) is 12.6. The molecule has 4 rings (SSSR count). The van der Waals surface area contributed by atoms with Crippen LogP contribution in [0.4, 0.5) is 0 Å². The fraction of sp³-hybridized carbons (Fsp3) is 0.233. The number of pyridine rings is 2. The normalized spacial score (nSPS) is 11.2. The minimum atomic E-state index is 0.0888. The molecule has 35 heavy (non-hydrogen) atoms. The second-order valence-electron chi connectivity index (χ2n) is 8.59. The van der Waals surface area contributed by atoms with Gasteiger partial charge in [0.05, 0.1) is 5.69 Å². The SMILES string of the molecule is NCCNC(=O)CCCCC[n+]1c(/C=C/c2ccc(-c3ccccn3)cc2)ccc2ccccc21. The highest BCUT2D eigenvalue weighted by molar-refractivity contribution is 5.77. The molecule has 2 aromatic carbocycles. The first-order valence-corrected chi connectivity index (χ1v) is 12.3. The van der Waals surface area contributed by atoms with Crippen molar-refractivity contribution in [2.75, 3.05) is 13.1 Å². The summed E-state index contributed by atoms with van der Waals surface area (Å²) in [6, 6.07) is 27.3. The van der Waals surface area contributed by atoms with Crippen LogP contribution >= 0.6 is 0 Å². The van der Waals surface area contributed by atoms with Crippen LogP contribution in [0.15, 0.2) is 85.1 Å². The van der Waals surface area contributed by atoms with Crippen LogP contribution in [0.3, 0.4) is 0 Å². The van der Waals surface area contributed by atoms with Crippen molar-refractivity contribution in [2.24, 2.45) is 5.73 Å². The van der Waals surface area contributed by atoms with Crippen LogP contribution in [0, 0.1) is 0 Å². The molecule has 5 nitrogen and oxygen atoms in total. The Bertz CT molecular complexity index is 1270. The van der Waals surface area contributed by atoms with E-state index in [9.17, 15) is 4.79 Å². The molecule has 2 heterocycles. The first-order chi connectivity index (χ1) is 17.2. The Morgan fingerprint density at radius 1 is 0.886 bits per heavy atom. The van der Waals surface area contributed by atoms with Crippen molar-refractivity contribution in [1.29, 1.82) is 0 Å². The van der Waals surface area contributed by atoms with E-state index in [1.165, 1.54) is 10.9 Å². The molecule has 3 N–H and O–H groups in total. The number of aryl methyl sites for hydroxylation is 1. The fourth-order valence-corrected chi connectivity index (χ4v) is 4.19. The van der Waals surface area contributed by atoms with Crippen LogP contribution in [0.25, 0.3) is 34.3 Å². The van der Waals surface area contributed by atoms with Gasteiger partial charge in [-0.1, -0.05) is 42.5 Å². The zero-order valence-electron chi connectivity index (χ0n) is 20.1. The maximum absolute atomic E-state index is 11.8. The average molecular weight is 466 g/mol. The molecule has 0 radical (unpaired) electrons. The molecule has 0 spiro atoms. The summed E-state index contributed by atoms with van der Waals surface area (Å²) < 4.78 is 2.38. The minimum Gasteiger partial charge on any atom is -0.355 e. The molecular formula is C30H33N4O+. The van der Waals surface area contributed by atoms with Crippen molar-refractivity contribution in [2.45, 2.75) is 32.2 Å². The lowest BCUT2D eigenvalue weighted by Gasteiger charge is -2.06. The Kier molecular flexibility index (Phi) is 8.74. The van der Waals surface area contributed by atoms with Gasteiger partial charge in [-0.2, -0.15) is 4.57 Å². The van der Waals surface area contributed by atoms with E-state index in [0.717, 1.165) is 48.3 Å². The quantitative estimate of drug-likeness (QED) is 0.242. The Hall–Kier alpha value is -3.83. The number of amides is 1. The van der Waals surface area contributed by atoms with Crippen molar-refractivity contribution in [3.05, 3.63) is 96.3 Å². The first-order valence-electron chi connectivity index (χ1n) is 12.3. The summed E-state index contributed by atoms with van der Waals surface area (Å²) in [5.74, 6) is 0.0888. The van der Waals surface area contributed by atoms with Crippen molar-refractivity contribution >= 4 is 29.0 Å². The maximum atomic E-state index is 11.8. The molecule has 0 saturated heterocycles. The summed E-state index contributed by atoms with van der Waals surface area (Å²) in [7, 11) is 0. The number of nitrogens with two attached hydrogens (primary N) is 1. The molecule has 2 aromatic heterocycles. The molecule has 1 amide bonds. The largest absolute Gasteiger partial charge is 0.355 e. The van der Waals surface area contributed by atoms with Gasteiger partial charge < -0.3 is 11.1 Å². The minimum absolute atomic E-state index is 0.0888. The van der Waals surface area contributed by atoms with E-state index in [2.05, 4.69) is 87.7 Å². The highest BCUT2D eigenvalue weighted by Gasteiger charge is 2.13. The Balaban J connectivity index is 1.45. The van der Waals surface area contributed by atoms with E-state index in [1.807, 2.05) is 24.4 Å². The van der Waals surface area contributed by atoms with Gasteiger partial charge >= 0.3 is 0 Å². The van der Waals surface area contributed by atoms with Gasteiger partial charge in [-0.3, -0.25) is 9.78 Å². The smallest absolute Gasteiger partial charge is 0.220 e. The molecule has 0 atom stereocenters. The van der Waals surface area contributed by atoms with E-state index < -0.39 is 0 Å². The van der Waals surface area contributed by atoms with Gasteiger partial charge in [0.25, 0.3) is 0 Å². The van der Waals surface area contributed by atoms with Crippen LogP contribution in [-0.2, 0) is 11.3 Å². The topological polar surface area (TPSA) is 71.9 Å². The zero-order valence-corrected chi connectivity index (χ0v) is 20.1. The zero-order chi connectivity index (χ0) is 24.3.